The summed E-state index contributed by atoms with van der Waals surface area (Å²) >= 11 is 1.58. The summed E-state index contributed by atoms with van der Waals surface area (Å²) in [5.74, 6) is -0.0893. The number of sulfonamides is 1. The van der Waals surface area contributed by atoms with E-state index in [1.165, 1.54) is 6.07 Å². The Balaban J connectivity index is 1.66. The minimum absolute atomic E-state index is 0.0893. The van der Waals surface area contributed by atoms with Gasteiger partial charge in [-0.15, -0.1) is 11.8 Å². The molecule has 1 saturated heterocycles. The van der Waals surface area contributed by atoms with E-state index in [1.54, 1.807) is 23.9 Å². The zero-order valence-electron chi connectivity index (χ0n) is 14.2. The highest BCUT2D eigenvalue weighted by molar-refractivity contribution is 8.00. The molecular weight excluding hydrogens is 362 g/mol. The highest BCUT2D eigenvalue weighted by Crippen LogP contribution is 2.36. The van der Waals surface area contributed by atoms with E-state index in [9.17, 15) is 13.2 Å². The van der Waals surface area contributed by atoms with Gasteiger partial charge in [-0.2, -0.15) is 0 Å². The lowest BCUT2D eigenvalue weighted by molar-refractivity contribution is -0.116. The fraction of sp³-hybridized carbons (Fsp3) is 0.562. The molecule has 2 heterocycles. The highest BCUT2D eigenvalue weighted by atomic mass is 32.2. The van der Waals surface area contributed by atoms with Crippen molar-refractivity contribution in [3.05, 3.63) is 18.2 Å². The Kier molecular flexibility index (Phi) is 6.00. The number of nitrogens with zero attached hydrogens (tertiary/aromatic N) is 1. The number of morpholine rings is 1. The third-order valence-corrected chi connectivity index (χ3v) is 6.80. The van der Waals surface area contributed by atoms with Gasteiger partial charge in [-0.25, -0.2) is 13.1 Å². The van der Waals surface area contributed by atoms with Gasteiger partial charge in [-0.05, 0) is 18.2 Å². The van der Waals surface area contributed by atoms with Crippen molar-refractivity contribution in [2.75, 3.05) is 44.7 Å². The molecule has 25 heavy (non-hydrogen) atoms. The van der Waals surface area contributed by atoms with Gasteiger partial charge in [0.05, 0.1) is 23.8 Å². The van der Waals surface area contributed by atoms with Crippen LogP contribution in [0.4, 0.5) is 5.69 Å². The molecule has 0 radical (unpaired) electrons. The summed E-state index contributed by atoms with van der Waals surface area (Å²) in [7, 11) is -3.61. The molecule has 1 amide bonds. The molecule has 1 atom stereocenters. The largest absolute Gasteiger partial charge is 0.379 e. The predicted octanol–water partition coefficient (Wildman–Crippen LogP) is 1.12. The van der Waals surface area contributed by atoms with Crippen LogP contribution in [-0.2, 0) is 19.6 Å². The molecule has 1 aromatic carbocycles. The average molecular weight is 386 g/mol. The molecule has 138 valence electrons. The van der Waals surface area contributed by atoms with E-state index in [0.717, 1.165) is 18.0 Å². The van der Waals surface area contributed by atoms with Crippen molar-refractivity contribution in [1.82, 2.24) is 9.62 Å². The van der Waals surface area contributed by atoms with Gasteiger partial charge >= 0.3 is 0 Å². The third kappa shape index (κ3) is 4.95. The minimum atomic E-state index is -3.61. The van der Waals surface area contributed by atoms with Crippen LogP contribution in [0.1, 0.15) is 13.3 Å². The van der Waals surface area contributed by atoms with Crippen LogP contribution in [0.5, 0.6) is 0 Å². The maximum absolute atomic E-state index is 12.5. The molecule has 0 bridgehead atoms. The molecule has 3 rings (SSSR count). The van der Waals surface area contributed by atoms with Gasteiger partial charge in [-0.3, -0.25) is 9.69 Å². The van der Waals surface area contributed by atoms with Crippen molar-refractivity contribution >= 4 is 33.4 Å². The smallest absolute Gasteiger partial charge is 0.240 e. The Labute approximate surface area is 152 Å². The number of ether oxygens (including phenoxy) is 1. The average Bonchev–Trinajstić information content (AvgIpc) is 2.71. The van der Waals surface area contributed by atoms with Gasteiger partial charge in [0.15, 0.2) is 0 Å². The van der Waals surface area contributed by atoms with Crippen LogP contribution in [-0.4, -0.2) is 63.9 Å². The van der Waals surface area contributed by atoms with Crippen LogP contribution >= 0.6 is 11.8 Å². The molecule has 0 unspecified atom stereocenters. The number of anilines is 1. The topological polar surface area (TPSA) is 87.7 Å². The van der Waals surface area contributed by atoms with Crippen LogP contribution in [0.3, 0.4) is 0 Å². The van der Waals surface area contributed by atoms with Gasteiger partial charge in [0.1, 0.15) is 0 Å². The summed E-state index contributed by atoms with van der Waals surface area (Å²) in [6.07, 6.45) is 0.416. The number of fused-ring (bicyclic) bond motifs is 1. The van der Waals surface area contributed by atoms with Gasteiger partial charge in [0.2, 0.25) is 15.9 Å². The Morgan fingerprint density at radius 1 is 1.36 bits per heavy atom. The van der Waals surface area contributed by atoms with Gasteiger partial charge in [0.25, 0.3) is 0 Å². The molecule has 1 fully saturated rings. The van der Waals surface area contributed by atoms with Crippen molar-refractivity contribution < 1.29 is 17.9 Å². The van der Waals surface area contributed by atoms with E-state index in [0.29, 0.717) is 38.4 Å². The van der Waals surface area contributed by atoms with Crippen molar-refractivity contribution in [2.24, 2.45) is 0 Å². The molecule has 0 spiro atoms. The van der Waals surface area contributed by atoms with Crippen LogP contribution in [0, 0.1) is 0 Å². The Hall–Kier alpha value is -1.13. The molecular formula is C16H23N3O4S2. The fourth-order valence-electron chi connectivity index (χ4n) is 2.84. The van der Waals surface area contributed by atoms with Crippen molar-refractivity contribution in [3.63, 3.8) is 0 Å². The summed E-state index contributed by atoms with van der Waals surface area (Å²) in [6, 6.07) is 4.89. The number of carbonyl (C=O) groups excluding carboxylic acids is 1. The summed E-state index contributed by atoms with van der Waals surface area (Å²) in [5, 5.41) is 2.96. The Morgan fingerprint density at radius 2 is 2.12 bits per heavy atom. The minimum Gasteiger partial charge on any atom is -0.379 e. The summed E-state index contributed by atoms with van der Waals surface area (Å²) in [5.41, 5.74) is 0.565. The second-order valence-corrected chi connectivity index (χ2v) is 9.44. The highest BCUT2D eigenvalue weighted by Gasteiger charge is 2.22. The number of amides is 1. The van der Waals surface area contributed by atoms with E-state index in [-0.39, 0.29) is 16.1 Å². The normalized spacial score (nSPS) is 22.1. The van der Waals surface area contributed by atoms with Crippen LogP contribution in [0.25, 0.3) is 0 Å². The lowest BCUT2D eigenvalue weighted by atomic mass is 10.3. The second kappa shape index (κ2) is 8.05. The Morgan fingerprint density at radius 3 is 2.88 bits per heavy atom. The van der Waals surface area contributed by atoms with Gasteiger partial charge < -0.3 is 10.1 Å². The molecule has 0 saturated carbocycles. The number of thioether (sulfide) groups is 1. The first-order valence-electron chi connectivity index (χ1n) is 8.34. The molecule has 7 nitrogen and oxygen atoms in total. The maximum Gasteiger partial charge on any atom is 0.240 e. The van der Waals surface area contributed by atoms with E-state index in [1.807, 2.05) is 6.92 Å². The third-order valence-electron chi connectivity index (χ3n) is 4.16. The number of hydrogen-bond acceptors (Lipinski definition) is 6. The SMILES string of the molecule is C[C@H]1CC(=O)Nc2cc(S(=O)(=O)NCCN3CCOCC3)ccc2S1. The summed E-state index contributed by atoms with van der Waals surface area (Å²) in [4.78, 5) is 15.1. The second-order valence-electron chi connectivity index (χ2n) is 6.19. The molecule has 0 aliphatic carbocycles. The molecule has 0 aromatic heterocycles. The fourth-order valence-corrected chi connectivity index (χ4v) is 4.94. The van der Waals surface area contributed by atoms with Crippen LogP contribution < -0.4 is 10.0 Å². The van der Waals surface area contributed by atoms with Crippen molar-refractivity contribution in [3.8, 4) is 0 Å². The lowest BCUT2D eigenvalue weighted by Crippen LogP contribution is -2.41. The number of rotatable bonds is 5. The predicted molar refractivity (Wildman–Crippen MR) is 97.5 cm³/mol. The van der Waals surface area contributed by atoms with Crippen LogP contribution in [0.15, 0.2) is 28.0 Å². The molecule has 2 N–H and O–H groups in total. The monoisotopic (exact) mass is 385 g/mol. The van der Waals surface area contributed by atoms with E-state index < -0.39 is 10.0 Å². The first-order chi connectivity index (χ1) is 11.9. The number of hydrogen-bond donors (Lipinski definition) is 2. The molecule has 2 aliphatic rings. The summed E-state index contributed by atoms with van der Waals surface area (Å²) in [6.45, 7) is 6.00. The zero-order valence-corrected chi connectivity index (χ0v) is 15.8. The van der Waals surface area contributed by atoms with Gasteiger partial charge in [0, 0.05) is 42.7 Å². The zero-order chi connectivity index (χ0) is 17.9. The van der Waals surface area contributed by atoms with Gasteiger partial charge in [-0.1, -0.05) is 6.92 Å². The van der Waals surface area contributed by atoms with Crippen molar-refractivity contribution in [2.45, 2.75) is 28.4 Å². The molecule has 1 aromatic rings. The maximum atomic E-state index is 12.5. The van der Waals surface area contributed by atoms with E-state index >= 15 is 0 Å². The number of carbonyl (C=O) groups is 1. The standard InChI is InChI=1S/C16H23N3O4S2/c1-12-10-16(20)18-14-11-13(2-3-15(14)24-12)25(21,22)17-4-5-19-6-8-23-9-7-19/h2-3,11-12,17H,4-10H2,1H3,(H,18,20)/t12-/m0/s1. The van der Waals surface area contributed by atoms with E-state index in [4.69, 9.17) is 4.74 Å². The quantitative estimate of drug-likeness (QED) is 0.790. The Bertz CT molecular complexity index is 733. The molecule has 2 aliphatic heterocycles. The molecule has 9 heteroatoms. The first kappa shape index (κ1) is 18.7. The lowest BCUT2D eigenvalue weighted by Gasteiger charge is -2.26. The summed E-state index contributed by atoms with van der Waals surface area (Å²) < 4.78 is 32.9. The van der Waals surface area contributed by atoms with Crippen LogP contribution in [0.2, 0.25) is 0 Å². The van der Waals surface area contributed by atoms with Crippen molar-refractivity contribution in [1.29, 1.82) is 0 Å². The number of nitrogens with one attached hydrogen (secondary N) is 2. The number of benzene rings is 1. The first-order valence-corrected chi connectivity index (χ1v) is 10.7. The van der Waals surface area contributed by atoms with E-state index in [2.05, 4.69) is 14.9 Å².